The molecular formula is C37H40N2O3. The van der Waals surface area contributed by atoms with Gasteiger partial charge in [0.1, 0.15) is 11.5 Å². The third kappa shape index (κ3) is 4.16. The molecule has 0 bridgehead atoms. The van der Waals surface area contributed by atoms with Crippen molar-refractivity contribution in [3.63, 3.8) is 0 Å². The zero-order valence-corrected chi connectivity index (χ0v) is 25.2. The monoisotopic (exact) mass is 560 g/mol. The van der Waals surface area contributed by atoms with Gasteiger partial charge in [-0.15, -0.1) is 0 Å². The van der Waals surface area contributed by atoms with Crippen LogP contribution >= 0.6 is 0 Å². The number of aryl methyl sites for hydroxylation is 1. The Morgan fingerprint density at radius 2 is 1.62 bits per heavy atom. The van der Waals surface area contributed by atoms with Crippen LogP contribution in [0.2, 0.25) is 0 Å². The highest BCUT2D eigenvalue weighted by molar-refractivity contribution is 6.17. The van der Waals surface area contributed by atoms with E-state index in [1.807, 2.05) is 87.5 Å². The second-order valence-corrected chi connectivity index (χ2v) is 13.1. The van der Waals surface area contributed by atoms with Gasteiger partial charge in [-0.1, -0.05) is 107 Å². The molecule has 0 aromatic heterocycles. The first-order valence-electron chi connectivity index (χ1n) is 15.2. The van der Waals surface area contributed by atoms with Gasteiger partial charge in [0.25, 0.3) is 0 Å². The summed E-state index contributed by atoms with van der Waals surface area (Å²) >= 11 is 0. The molecule has 1 amide bonds. The Kier molecular flexibility index (Phi) is 6.95. The largest absolute Gasteiger partial charge is 0.352 e. The summed E-state index contributed by atoms with van der Waals surface area (Å²) in [6.45, 7) is 9.95. The van der Waals surface area contributed by atoms with Crippen molar-refractivity contribution < 1.29 is 14.4 Å². The van der Waals surface area contributed by atoms with Crippen LogP contribution in [0.4, 0.5) is 11.4 Å². The van der Waals surface area contributed by atoms with Crippen molar-refractivity contribution in [2.75, 3.05) is 10.2 Å². The molecule has 0 radical (unpaired) electrons. The van der Waals surface area contributed by atoms with Gasteiger partial charge in [0, 0.05) is 27.9 Å². The lowest BCUT2D eigenvalue weighted by molar-refractivity contribution is -0.128. The second-order valence-electron chi connectivity index (χ2n) is 13.1. The van der Waals surface area contributed by atoms with Crippen LogP contribution in [0, 0.1) is 11.3 Å². The lowest BCUT2D eigenvalue weighted by atomic mass is 9.63. The Balaban J connectivity index is 1.59. The maximum absolute atomic E-state index is 14.9. The highest BCUT2D eigenvalue weighted by Gasteiger charge is 2.71. The molecule has 6 rings (SSSR count). The fourth-order valence-electron chi connectivity index (χ4n) is 7.43. The van der Waals surface area contributed by atoms with Gasteiger partial charge >= 0.3 is 0 Å². The lowest BCUT2D eigenvalue weighted by Crippen LogP contribution is -2.51. The Morgan fingerprint density at radius 3 is 2.33 bits per heavy atom. The van der Waals surface area contributed by atoms with E-state index >= 15 is 0 Å². The number of fused-ring (bicyclic) bond motifs is 6. The molecule has 216 valence electrons. The Bertz CT molecular complexity index is 1600. The first kappa shape index (κ1) is 28.1. The Labute approximate surface area is 249 Å². The second kappa shape index (κ2) is 10.4. The number of hydrogen-bond acceptors (Lipinski definition) is 4. The van der Waals surface area contributed by atoms with Crippen LogP contribution in [0.3, 0.4) is 0 Å². The van der Waals surface area contributed by atoms with E-state index in [0.717, 1.165) is 41.6 Å². The van der Waals surface area contributed by atoms with E-state index in [0.29, 0.717) is 11.3 Å². The molecular weight excluding hydrogens is 520 g/mol. The van der Waals surface area contributed by atoms with Gasteiger partial charge in [0.05, 0.1) is 12.0 Å². The lowest BCUT2D eigenvalue weighted by Gasteiger charge is -2.39. The fraction of sp³-hybridized carbons (Fsp3) is 0.378. The molecule has 3 aromatic carbocycles. The maximum Gasteiger partial charge on any atom is 0.238 e. The zero-order chi connectivity index (χ0) is 29.8. The third-order valence-electron chi connectivity index (χ3n) is 9.48. The van der Waals surface area contributed by atoms with Crippen molar-refractivity contribution in [3.05, 3.63) is 101 Å². The van der Waals surface area contributed by atoms with E-state index < -0.39 is 28.8 Å². The van der Waals surface area contributed by atoms with E-state index in [-0.39, 0.29) is 17.5 Å². The number of hydrogen-bond donors (Lipinski definition) is 1. The molecule has 1 fully saturated rings. The van der Waals surface area contributed by atoms with E-state index in [1.54, 1.807) is 0 Å². The number of carbonyl (C=O) groups excluding carboxylic acids is 3. The number of Topliss-reactive ketones (excluding diaryl/α,β-unsaturated/α-hetero) is 2. The fourth-order valence-corrected chi connectivity index (χ4v) is 7.43. The number of ketones is 2. The van der Waals surface area contributed by atoms with Gasteiger partial charge in [-0.25, -0.2) is 0 Å². The quantitative estimate of drug-likeness (QED) is 0.242. The number of unbranched alkanes of at least 4 members (excludes halogenated alkanes) is 2. The summed E-state index contributed by atoms with van der Waals surface area (Å²) in [6.07, 6.45) is 6.50. The van der Waals surface area contributed by atoms with Crippen molar-refractivity contribution in [2.45, 2.75) is 77.8 Å². The predicted octanol–water partition coefficient (Wildman–Crippen LogP) is 7.40. The number of para-hydroxylation sites is 2. The highest BCUT2D eigenvalue weighted by atomic mass is 16.2. The van der Waals surface area contributed by atoms with Gasteiger partial charge in [0.2, 0.25) is 5.91 Å². The van der Waals surface area contributed by atoms with Crippen molar-refractivity contribution in [3.8, 4) is 0 Å². The first-order valence-corrected chi connectivity index (χ1v) is 15.2. The molecule has 5 nitrogen and oxygen atoms in total. The molecule has 5 heteroatoms. The number of benzene rings is 3. The summed E-state index contributed by atoms with van der Waals surface area (Å²) in [5, 5.41) is 3.12. The van der Waals surface area contributed by atoms with Gasteiger partial charge in [-0.3, -0.25) is 14.4 Å². The van der Waals surface area contributed by atoms with Gasteiger partial charge in [-0.2, -0.15) is 0 Å². The summed E-state index contributed by atoms with van der Waals surface area (Å²) in [6, 6.07) is 22.2. The van der Waals surface area contributed by atoms with Crippen LogP contribution in [-0.2, 0) is 21.4 Å². The number of allylic oxidation sites excluding steroid dienone is 1. The van der Waals surface area contributed by atoms with Gasteiger partial charge in [0.15, 0.2) is 11.6 Å². The zero-order valence-electron chi connectivity index (χ0n) is 25.2. The van der Waals surface area contributed by atoms with E-state index in [2.05, 4.69) is 36.2 Å². The minimum absolute atomic E-state index is 0.0427. The van der Waals surface area contributed by atoms with Gasteiger partial charge < -0.3 is 10.2 Å². The number of rotatable bonds is 7. The van der Waals surface area contributed by atoms with Gasteiger partial charge in [-0.05, 0) is 48.6 Å². The van der Waals surface area contributed by atoms with E-state index in [1.165, 1.54) is 12.0 Å². The number of carbonyl (C=O) groups is 3. The normalized spacial score (nSPS) is 24.1. The Hall–Kier alpha value is -3.99. The molecule has 3 aliphatic rings. The molecule has 0 aliphatic carbocycles. The van der Waals surface area contributed by atoms with Crippen molar-refractivity contribution in [1.82, 2.24) is 0 Å². The molecule has 3 heterocycles. The van der Waals surface area contributed by atoms with Crippen molar-refractivity contribution >= 4 is 34.4 Å². The summed E-state index contributed by atoms with van der Waals surface area (Å²) in [7, 11) is 0. The molecule has 3 aliphatic heterocycles. The SMILES string of the molecule is CCCCCc1ccc(C(=O)[C@@H]2[C@H](C(=O)C(C)(C)C)N3c4ccccc4C(C)=C[C@@H]3[C@]23C(=O)Nc2ccccc23)cc1. The molecule has 3 aromatic rings. The van der Waals surface area contributed by atoms with Crippen LogP contribution in [0.5, 0.6) is 0 Å². The first-order chi connectivity index (χ1) is 20.1. The Morgan fingerprint density at radius 1 is 0.929 bits per heavy atom. The molecule has 42 heavy (non-hydrogen) atoms. The van der Waals surface area contributed by atoms with Crippen LogP contribution in [0.1, 0.15) is 80.9 Å². The highest BCUT2D eigenvalue weighted by Crippen LogP contribution is 2.59. The van der Waals surface area contributed by atoms with Crippen LogP contribution in [0.25, 0.3) is 5.57 Å². The molecule has 0 saturated carbocycles. The minimum Gasteiger partial charge on any atom is -0.352 e. The van der Waals surface area contributed by atoms with E-state index in [9.17, 15) is 14.4 Å². The summed E-state index contributed by atoms with van der Waals surface area (Å²) in [4.78, 5) is 46.1. The van der Waals surface area contributed by atoms with Crippen LogP contribution in [0.15, 0.2) is 78.9 Å². The molecule has 4 atom stereocenters. The summed E-state index contributed by atoms with van der Waals surface area (Å²) in [5.74, 6) is -1.35. The topological polar surface area (TPSA) is 66.5 Å². The summed E-state index contributed by atoms with van der Waals surface area (Å²) < 4.78 is 0. The van der Waals surface area contributed by atoms with Crippen molar-refractivity contribution in [1.29, 1.82) is 0 Å². The average Bonchev–Trinajstić information content (AvgIpc) is 3.44. The maximum atomic E-state index is 14.9. The predicted molar refractivity (Wildman–Crippen MR) is 169 cm³/mol. The van der Waals surface area contributed by atoms with E-state index in [4.69, 9.17) is 0 Å². The number of anilines is 2. The number of amides is 1. The van der Waals surface area contributed by atoms with Crippen LogP contribution < -0.4 is 10.2 Å². The molecule has 1 N–H and O–H groups in total. The molecule has 1 spiro atoms. The standard InChI is InChI=1S/C37H40N2O3/c1-6-7-8-13-24-18-20-25(21-19-24)33(40)31-32(34(41)36(3,4)5)39-29-17-12-9-14-26(29)23(2)22-30(39)37(31)27-15-10-11-16-28(27)38-35(37)42/h9-12,14-22,30-32H,6-8,13H2,1-5H3,(H,38,42)/t30-,31+,32-,37+/m1/s1. The molecule has 0 unspecified atom stereocenters. The third-order valence-corrected chi connectivity index (χ3v) is 9.48. The summed E-state index contributed by atoms with van der Waals surface area (Å²) in [5.41, 5.74) is 4.17. The minimum atomic E-state index is -1.27. The molecule has 1 saturated heterocycles. The van der Waals surface area contributed by atoms with Crippen molar-refractivity contribution in [2.24, 2.45) is 11.3 Å². The number of nitrogens with zero attached hydrogens (tertiary/aromatic N) is 1. The van der Waals surface area contributed by atoms with Crippen LogP contribution in [-0.4, -0.2) is 29.6 Å². The number of nitrogens with one attached hydrogen (secondary N) is 1. The smallest absolute Gasteiger partial charge is 0.238 e. The average molecular weight is 561 g/mol.